The van der Waals surface area contributed by atoms with Gasteiger partial charge in [0.05, 0.1) is 25.4 Å². The maximum Gasteiger partial charge on any atom is 0.0959 e. The molecule has 0 saturated heterocycles. The van der Waals surface area contributed by atoms with Crippen molar-refractivity contribution in [2.24, 2.45) is 5.73 Å². The topological polar surface area (TPSA) is 55.5 Å². The maximum absolute atomic E-state index is 10.1. The zero-order valence-corrected chi connectivity index (χ0v) is 18.0. The molecule has 160 valence electrons. The normalized spacial score (nSPS) is 13.8. The van der Waals surface area contributed by atoms with Crippen LogP contribution in [0.3, 0.4) is 0 Å². The monoisotopic (exact) mass is 389 g/mol. The second-order valence-corrected chi connectivity index (χ2v) is 7.90. The number of aliphatic hydroxyl groups excluding tert-OH is 1. The Labute approximate surface area is 173 Å². The highest BCUT2D eigenvalue weighted by atomic mass is 16.5. The number of hydrogen-bond donors (Lipinski definition) is 2. The van der Waals surface area contributed by atoms with Crippen LogP contribution in [0.25, 0.3) is 0 Å². The molecule has 0 amide bonds. The van der Waals surface area contributed by atoms with Crippen molar-refractivity contribution in [3.8, 4) is 0 Å². The minimum Gasteiger partial charge on any atom is -0.389 e. The number of allylic oxidation sites excluding steroid dienone is 1. The molecular weight excluding hydrogens is 346 g/mol. The van der Waals surface area contributed by atoms with Gasteiger partial charge in [0.1, 0.15) is 0 Å². The summed E-state index contributed by atoms with van der Waals surface area (Å²) in [6.07, 6.45) is 19.4. The molecule has 0 heterocycles. The van der Waals surface area contributed by atoms with Crippen LogP contribution >= 0.6 is 0 Å². The van der Waals surface area contributed by atoms with Crippen LogP contribution in [-0.4, -0.2) is 23.9 Å². The number of ether oxygens (including phenoxy) is 1. The van der Waals surface area contributed by atoms with Crippen molar-refractivity contribution >= 4 is 0 Å². The van der Waals surface area contributed by atoms with Gasteiger partial charge < -0.3 is 15.6 Å². The molecule has 3 nitrogen and oxygen atoms in total. The van der Waals surface area contributed by atoms with E-state index in [9.17, 15) is 5.11 Å². The van der Waals surface area contributed by atoms with Crippen LogP contribution in [0.5, 0.6) is 0 Å². The van der Waals surface area contributed by atoms with Gasteiger partial charge in [0.15, 0.2) is 0 Å². The van der Waals surface area contributed by atoms with Crippen LogP contribution in [0.4, 0.5) is 0 Å². The first-order valence-corrected chi connectivity index (χ1v) is 11.5. The first-order chi connectivity index (χ1) is 13.7. The second kappa shape index (κ2) is 17.9. The van der Waals surface area contributed by atoms with E-state index in [1.54, 1.807) is 0 Å². The molecule has 0 saturated carbocycles. The maximum atomic E-state index is 10.1. The first kappa shape index (κ1) is 24.9. The molecule has 2 atom stereocenters. The van der Waals surface area contributed by atoms with E-state index in [1.807, 2.05) is 36.4 Å². The van der Waals surface area contributed by atoms with E-state index in [1.165, 1.54) is 70.6 Å². The lowest BCUT2D eigenvalue weighted by Crippen LogP contribution is -2.36. The van der Waals surface area contributed by atoms with Gasteiger partial charge in [-0.25, -0.2) is 0 Å². The van der Waals surface area contributed by atoms with Gasteiger partial charge in [0.2, 0.25) is 0 Å². The molecular formula is C25H43NO2. The average Bonchev–Trinajstić information content (AvgIpc) is 2.72. The Morgan fingerprint density at radius 1 is 0.893 bits per heavy atom. The zero-order valence-electron chi connectivity index (χ0n) is 18.0. The minimum absolute atomic E-state index is 0.263. The Hall–Kier alpha value is -1.16. The zero-order chi connectivity index (χ0) is 20.3. The van der Waals surface area contributed by atoms with Crippen molar-refractivity contribution in [1.29, 1.82) is 0 Å². The number of aliphatic hydroxyl groups is 1. The molecule has 0 fully saturated rings. The van der Waals surface area contributed by atoms with Gasteiger partial charge in [0, 0.05) is 0 Å². The van der Waals surface area contributed by atoms with E-state index in [-0.39, 0.29) is 12.6 Å². The Morgan fingerprint density at radius 3 is 2.07 bits per heavy atom. The predicted molar refractivity (Wildman–Crippen MR) is 120 cm³/mol. The van der Waals surface area contributed by atoms with E-state index in [2.05, 4.69) is 13.0 Å². The fourth-order valence-electron chi connectivity index (χ4n) is 3.29. The van der Waals surface area contributed by atoms with Crippen LogP contribution in [-0.2, 0) is 11.3 Å². The Kier molecular flexibility index (Phi) is 15.9. The third kappa shape index (κ3) is 13.9. The van der Waals surface area contributed by atoms with Gasteiger partial charge >= 0.3 is 0 Å². The van der Waals surface area contributed by atoms with Crippen molar-refractivity contribution < 1.29 is 9.84 Å². The fraction of sp³-hybridized carbons (Fsp3) is 0.680. The average molecular weight is 390 g/mol. The molecule has 0 aromatic heterocycles. The predicted octanol–water partition coefficient (Wildman–Crippen LogP) is 6.15. The van der Waals surface area contributed by atoms with Crippen LogP contribution < -0.4 is 5.73 Å². The SMILES string of the molecule is CCCCCCCCCCCCC/C=C/[C@H](N)[C@H](O)COCc1ccccc1. The quantitative estimate of drug-likeness (QED) is 0.234. The fourth-order valence-corrected chi connectivity index (χ4v) is 3.29. The highest BCUT2D eigenvalue weighted by Crippen LogP contribution is 2.12. The van der Waals surface area contributed by atoms with Crippen LogP contribution in [0.15, 0.2) is 42.5 Å². The second-order valence-electron chi connectivity index (χ2n) is 7.90. The van der Waals surface area contributed by atoms with Crippen LogP contribution in [0, 0.1) is 0 Å². The summed E-state index contributed by atoms with van der Waals surface area (Å²) in [5.74, 6) is 0. The van der Waals surface area contributed by atoms with E-state index in [0.29, 0.717) is 6.61 Å². The van der Waals surface area contributed by atoms with Crippen molar-refractivity contribution in [1.82, 2.24) is 0 Å². The number of unbranched alkanes of at least 4 members (excludes halogenated alkanes) is 11. The van der Waals surface area contributed by atoms with Crippen molar-refractivity contribution in [2.75, 3.05) is 6.61 Å². The summed E-state index contributed by atoms with van der Waals surface area (Å²) in [6.45, 7) is 3.04. The van der Waals surface area contributed by atoms with Crippen molar-refractivity contribution in [2.45, 2.75) is 103 Å². The van der Waals surface area contributed by atoms with E-state index in [4.69, 9.17) is 10.5 Å². The lowest BCUT2D eigenvalue weighted by Gasteiger charge is -2.15. The lowest BCUT2D eigenvalue weighted by atomic mass is 10.0. The third-order valence-corrected chi connectivity index (χ3v) is 5.18. The first-order valence-electron chi connectivity index (χ1n) is 11.5. The van der Waals surface area contributed by atoms with Crippen molar-refractivity contribution in [3.63, 3.8) is 0 Å². The van der Waals surface area contributed by atoms with Crippen LogP contribution in [0.2, 0.25) is 0 Å². The molecule has 28 heavy (non-hydrogen) atoms. The molecule has 1 aromatic rings. The molecule has 0 spiro atoms. The van der Waals surface area contributed by atoms with Gasteiger partial charge in [-0.2, -0.15) is 0 Å². The standard InChI is InChI=1S/C25H43NO2/c1-2-3-4-5-6-7-8-9-10-11-12-13-17-20-24(26)25(27)22-28-21-23-18-15-14-16-19-23/h14-20,24-25,27H,2-13,21-22,26H2,1H3/b20-17+/t24-,25+/m0/s1. The summed E-state index contributed by atoms with van der Waals surface area (Å²) in [5, 5.41) is 10.1. The van der Waals surface area contributed by atoms with Crippen LogP contribution in [0.1, 0.15) is 89.5 Å². The molecule has 0 unspecified atom stereocenters. The molecule has 0 aliphatic rings. The van der Waals surface area contributed by atoms with E-state index >= 15 is 0 Å². The highest BCUT2D eigenvalue weighted by molar-refractivity contribution is 5.13. The molecule has 1 rings (SSSR count). The molecule has 1 aromatic carbocycles. The minimum atomic E-state index is -0.655. The number of nitrogens with two attached hydrogens (primary N) is 1. The Balaban J connectivity index is 1.92. The Morgan fingerprint density at radius 2 is 1.46 bits per heavy atom. The molecule has 3 heteroatoms. The Bertz CT molecular complexity index is 475. The van der Waals surface area contributed by atoms with Gasteiger partial charge in [-0.3, -0.25) is 0 Å². The molecule has 0 aliphatic carbocycles. The summed E-state index contributed by atoms with van der Waals surface area (Å²) in [4.78, 5) is 0. The summed E-state index contributed by atoms with van der Waals surface area (Å²) in [6, 6.07) is 9.62. The third-order valence-electron chi connectivity index (χ3n) is 5.18. The molecule has 0 bridgehead atoms. The smallest absolute Gasteiger partial charge is 0.0959 e. The summed E-state index contributed by atoms with van der Waals surface area (Å²) in [5.41, 5.74) is 7.13. The largest absolute Gasteiger partial charge is 0.389 e. The number of hydrogen-bond acceptors (Lipinski definition) is 3. The molecule has 0 radical (unpaired) electrons. The van der Waals surface area contributed by atoms with Gasteiger partial charge in [-0.1, -0.05) is 114 Å². The number of benzene rings is 1. The van der Waals surface area contributed by atoms with Gasteiger partial charge in [-0.05, 0) is 18.4 Å². The molecule has 0 aliphatic heterocycles. The summed E-state index contributed by atoms with van der Waals surface area (Å²) < 4.78 is 5.56. The lowest BCUT2D eigenvalue weighted by molar-refractivity contribution is 0.0229. The summed E-state index contributed by atoms with van der Waals surface area (Å²) >= 11 is 0. The number of rotatable bonds is 18. The van der Waals surface area contributed by atoms with Gasteiger partial charge in [-0.15, -0.1) is 0 Å². The summed E-state index contributed by atoms with van der Waals surface area (Å²) in [7, 11) is 0. The van der Waals surface area contributed by atoms with E-state index in [0.717, 1.165) is 12.0 Å². The highest BCUT2D eigenvalue weighted by Gasteiger charge is 2.11. The molecule has 3 N–H and O–H groups in total. The van der Waals surface area contributed by atoms with Crippen molar-refractivity contribution in [3.05, 3.63) is 48.0 Å². The van der Waals surface area contributed by atoms with Gasteiger partial charge in [0.25, 0.3) is 0 Å². The van der Waals surface area contributed by atoms with E-state index < -0.39 is 6.10 Å².